The first-order valence-corrected chi connectivity index (χ1v) is 46.2. The van der Waals surface area contributed by atoms with Crippen LogP contribution in [0.15, 0.2) is 0 Å². The van der Waals surface area contributed by atoms with Crippen molar-refractivity contribution in [1.82, 2.24) is 0 Å². The predicted molar refractivity (Wildman–Crippen MR) is 418 cm³/mol. The first-order chi connectivity index (χ1) is 49.6. The molecule has 0 saturated heterocycles. The summed E-state index contributed by atoms with van der Waals surface area (Å²) in [5.41, 5.74) is 0. The minimum atomic E-state index is -4.96. The summed E-state index contributed by atoms with van der Waals surface area (Å²) < 4.78 is 68.8. The number of rotatable bonds is 83. The number of carbonyl (C=O) groups excluding carboxylic acids is 4. The largest absolute Gasteiger partial charge is 0.472 e. The maximum Gasteiger partial charge on any atom is 0.472 e. The van der Waals surface area contributed by atoms with E-state index >= 15 is 0 Å². The van der Waals surface area contributed by atoms with Gasteiger partial charge in [0.15, 0.2) is 12.2 Å². The highest BCUT2D eigenvalue weighted by Gasteiger charge is 2.30. The highest BCUT2D eigenvalue weighted by atomic mass is 31.2. The van der Waals surface area contributed by atoms with Gasteiger partial charge in [0.05, 0.1) is 26.4 Å². The van der Waals surface area contributed by atoms with E-state index in [1.54, 1.807) is 0 Å². The lowest BCUT2D eigenvalue weighted by Crippen LogP contribution is -2.30. The summed E-state index contributed by atoms with van der Waals surface area (Å²) in [5, 5.41) is 10.7. The Bertz CT molecular complexity index is 1950. The fourth-order valence-corrected chi connectivity index (χ4v) is 14.5. The second-order valence-electron chi connectivity index (χ2n) is 30.1. The Hall–Kier alpha value is -1.94. The van der Waals surface area contributed by atoms with E-state index in [-0.39, 0.29) is 25.7 Å². The highest BCUT2D eigenvalue weighted by Crippen LogP contribution is 2.45. The molecule has 0 saturated carbocycles. The molecule has 0 amide bonds. The number of ether oxygens (including phenoxy) is 4. The van der Waals surface area contributed by atoms with E-state index in [2.05, 4.69) is 34.6 Å². The lowest BCUT2D eigenvalue weighted by atomic mass is 10.00. The van der Waals surface area contributed by atoms with Gasteiger partial charge < -0.3 is 33.8 Å². The molecule has 0 aromatic carbocycles. The van der Waals surface area contributed by atoms with E-state index in [4.69, 9.17) is 37.0 Å². The maximum absolute atomic E-state index is 13.1. The standard InChI is InChI=1S/C83H162O17P2/c1-6-10-13-16-19-22-25-28-31-32-33-34-35-36-37-40-43-46-49-52-59-64-68-82(87)99-78(72-93-80(85)66-61-56-50-47-44-41-38-29-26-23-20-17-14-11-7-2)74-97-101(89,90)95-70-77(84)71-96-102(91,92)98-75-79(73-94-81(86)67-62-57-54-53-55-60-65-76(5)9-4)100-83(88)69-63-58-51-48-45-42-39-30-27-24-21-18-15-12-8-3/h76-79,84H,6-75H2,1-5H3,(H,89,90)(H,91,92)/t76?,77-,78-,79-/m1/s1. The molecule has 606 valence electrons. The van der Waals surface area contributed by atoms with Crippen LogP contribution in [0.25, 0.3) is 0 Å². The van der Waals surface area contributed by atoms with Gasteiger partial charge in [0, 0.05) is 25.7 Å². The third kappa shape index (κ3) is 74.9. The summed E-state index contributed by atoms with van der Waals surface area (Å²) in [6.07, 6.45) is 68.1. The molecule has 0 radical (unpaired) electrons. The SMILES string of the molecule is CCCCCCCCCCCCCCCCCCCCCCCCC(=O)O[C@H](COC(=O)CCCCCCCCCCCCCCCCC)COP(=O)(O)OC[C@@H](O)COP(=O)(O)OC[C@@H](COC(=O)CCCCCCCCC(C)CC)OC(=O)CCCCCCCCCCCCCCCCC. The first kappa shape index (κ1) is 100. The van der Waals surface area contributed by atoms with E-state index in [9.17, 15) is 43.2 Å². The molecule has 0 aliphatic heterocycles. The van der Waals surface area contributed by atoms with Crippen LogP contribution in [0.1, 0.15) is 446 Å². The lowest BCUT2D eigenvalue weighted by Gasteiger charge is -2.21. The molecule has 0 aliphatic carbocycles. The molecule has 17 nitrogen and oxygen atoms in total. The van der Waals surface area contributed by atoms with Crippen LogP contribution >= 0.6 is 15.6 Å². The van der Waals surface area contributed by atoms with E-state index in [0.717, 1.165) is 102 Å². The van der Waals surface area contributed by atoms with Crippen molar-refractivity contribution >= 4 is 39.5 Å². The van der Waals surface area contributed by atoms with Crippen molar-refractivity contribution in [2.24, 2.45) is 5.92 Å². The van der Waals surface area contributed by atoms with Gasteiger partial charge in [-0.1, -0.05) is 394 Å². The van der Waals surface area contributed by atoms with Crippen LogP contribution in [0.4, 0.5) is 0 Å². The lowest BCUT2D eigenvalue weighted by molar-refractivity contribution is -0.161. The second kappa shape index (κ2) is 75.9. The Balaban J connectivity index is 5.21. The van der Waals surface area contributed by atoms with Crippen LogP contribution in [-0.2, 0) is 65.4 Å². The van der Waals surface area contributed by atoms with E-state index < -0.39 is 97.5 Å². The quantitative estimate of drug-likeness (QED) is 0.0222. The van der Waals surface area contributed by atoms with Crippen molar-refractivity contribution in [2.45, 2.75) is 464 Å². The molecular formula is C83H162O17P2. The van der Waals surface area contributed by atoms with Crippen LogP contribution in [0.3, 0.4) is 0 Å². The zero-order chi connectivity index (χ0) is 74.8. The Kier molecular flexibility index (Phi) is 74.4. The fraction of sp³-hybridized carbons (Fsp3) is 0.952. The second-order valence-corrected chi connectivity index (χ2v) is 33.0. The van der Waals surface area contributed by atoms with Crippen molar-refractivity contribution in [3.63, 3.8) is 0 Å². The monoisotopic (exact) mass is 1490 g/mol. The molecule has 0 bridgehead atoms. The van der Waals surface area contributed by atoms with Crippen LogP contribution in [0.5, 0.6) is 0 Å². The van der Waals surface area contributed by atoms with Gasteiger partial charge in [-0.15, -0.1) is 0 Å². The summed E-state index contributed by atoms with van der Waals surface area (Å²) in [7, 11) is -9.92. The van der Waals surface area contributed by atoms with Gasteiger partial charge >= 0.3 is 39.5 Å². The smallest absolute Gasteiger partial charge is 0.462 e. The Morgan fingerprint density at radius 2 is 0.471 bits per heavy atom. The number of hydrogen-bond acceptors (Lipinski definition) is 15. The average Bonchev–Trinajstić information content (AvgIpc) is 0.925. The first-order valence-electron chi connectivity index (χ1n) is 43.2. The molecule has 0 heterocycles. The summed E-state index contributed by atoms with van der Waals surface area (Å²) in [6.45, 7) is 7.30. The van der Waals surface area contributed by atoms with Crippen LogP contribution in [0.2, 0.25) is 0 Å². The van der Waals surface area contributed by atoms with Gasteiger partial charge in [0.25, 0.3) is 0 Å². The molecule has 0 spiro atoms. The van der Waals surface area contributed by atoms with Crippen molar-refractivity contribution < 1.29 is 80.2 Å². The minimum absolute atomic E-state index is 0.108. The van der Waals surface area contributed by atoms with Gasteiger partial charge in [-0.05, 0) is 31.6 Å². The van der Waals surface area contributed by atoms with E-state index in [1.165, 1.54) is 263 Å². The molecule has 0 fully saturated rings. The molecule has 102 heavy (non-hydrogen) atoms. The Morgan fingerprint density at radius 1 is 0.275 bits per heavy atom. The van der Waals surface area contributed by atoms with Crippen LogP contribution in [0, 0.1) is 5.92 Å². The summed E-state index contributed by atoms with van der Waals surface area (Å²) in [4.78, 5) is 73.1. The van der Waals surface area contributed by atoms with Crippen molar-refractivity contribution in [3.8, 4) is 0 Å². The molecular weight excluding hydrogens is 1330 g/mol. The van der Waals surface area contributed by atoms with Crippen molar-refractivity contribution in [3.05, 3.63) is 0 Å². The number of esters is 4. The highest BCUT2D eigenvalue weighted by molar-refractivity contribution is 7.47. The minimum Gasteiger partial charge on any atom is -0.462 e. The number of hydrogen-bond donors (Lipinski definition) is 3. The van der Waals surface area contributed by atoms with Gasteiger partial charge in [-0.25, -0.2) is 9.13 Å². The molecule has 3 N–H and O–H groups in total. The van der Waals surface area contributed by atoms with Crippen molar-refractivity contribution in [1.29, 1.82) is 0 Å². The van der Waals surface area contributed by atoms with Gasteiger partial charge in [-0.2, -0.15) is 0 Å². The normalized spacial score (nSPS) is 14.1. The Labute approximate surface area is 626 Å². The molecule has 0 rings (SSSR count). The third-order valence-corrected chi connectivity index (χ3v) is 21.8. The van der Waals surface area contributed by atoms with Gasteiger partial charge in [-0.3, -0.25) is 37.3 Å². The number of phosphoric acid groups is 2. The average molecular weight is 1490 g/mol. The number of carbonyl (C=O) groups is 4. The van der Waals surface area contributed by atoms with Crippen molar-refractivity contribution in [2.75, 3.05) is 39.6 Å². The molecule has 0 aromatic rings. The zero-order valence-corrected chi connectivity index (χ0v) is 68.5. The molecule has 0 aromatic heterocycles. The number of aliphatic hydroxyl groups is 1. The van der Waals surface area contributed by atoms with Gasteiger partial charge in [0.1, 0.15) is 19.3 Å². The topological polar surface area (TPSA) is 237 Å². The molecule has 6 atom stereocenters. The predicted octanol–water partition coefficient (Wildman–Crippen LogP) is 25.2. The molecule has 3 unspecified atom stereocenters. The summed E-state index contributed by atoms with van der Waals surface area (Å²) in [6, 6.07) is 0. The third-order valence-electron chi connectivity index (χ3n) is 19.9. The maximum atomic E-state index is 13.1. The summed E-state index contributed by atoms with van der Waals surface area (Å²) in [5.74, 6) is -1.37. The zero-order valence-electron chi connectivity index (χ0n) is 66.8. The fourth-order valence-electron chi connectivity index (χ4n) is 12.9. The van der Waals surface area contributed by atoms with E-state index in [0.29, 0.717) is 25.7 Å². The van der Waals surface area contributed by atoms with E-state index in [1.807, 2.05) is 0 Å². The number of unbranched alkanes of at least 4 members (excludes halogenated alkanes) is 54. The number of phosphoric ester groups is 2. The summed E-state index contributed by atoms with van der Waals surface area (Å²) >= 11 is 0. The molecule has 19 heteroatoms. The van der Waals surface area contributed by atoms with Crippen LogP contribution in [-0.4, -0.2) is 96.7 Å². The number of aliphatic hydroxyl groups excluding tert-OH is 1. The van der Waals surface area contributed by atoms with Gasteiger partial charge in [0.2, 0.25) is 0 Å². The molecule has 0 aliphatic rings. The van der Waals surface area contributed by atoms with Crippen LogP contribution < -0.4 is 0 Å². The Morgan fingerprint density at radius 3 is 0.696 bits per heavy atom.